The van der Waals surface area contributed by atoms with Crippen LogP contribution in [0.5, 0.6) is 5.75 Å². The number of halogens is 4. The third-order valence-corrected chi connectivity index (χ3v) is 2.14. The van der Waals surface area contributed by atoms with Gasteiger partial charge >= 0.3 is 11.9 Å². The molecule has 0 aromatic heterocycles. The minimum Gasteiger partial charge on any atom is -0.495 e. The summed E-state index contributed by atoms with van der Waals surface area (Å²) in [6.07, 6.45) is 0. The van der Waals surface area contributed by atoms with Crippen LogP contribution in [0.3, 0.4) is 0 Å². The van der Waals surface area contributed by atoms with Gasteiger partial charge < -0.3 is 16.0 Å². The molecule has 0 spiro atoms. The minimum absolute atomic E-state index is 0. The number of aliphatic carboxylic acids is 1. The monoisotopic (exact) mass is 271 g/mol. The zero-order valence-electron chi connectivity index (χ0n) is 8.64. The Labute approximate surface area is 99.5 Å². The zero-order valence-corrected chi connectivity index (χ0v) is 9.39. The van der Waals surface area contributed by atoms with E-state index in [1.807, 2.05) is 0 Å². The molecule has 0 amide bonds. The highest BCUT2D eigenvalue weighted by Crippen LogP contribution is 2.36. The molecule has 0 aliphatic heterocycles. The first-order valence-corrected chi connectivity index (χ1v) is 4.33. The number of hydrogen-bond donors (Lipinski definition) is 2. The molecule has 0 radical (unpaired) electrons. The van der Waals surface area contributed by atoms with Crippen LogP contribution in [-0.4, -0.2) is 18.2 Å². The molecular formula is C9H9ClF3NO3. The summed E-state index contributed by atoms with van der Waals surface area (Å²) in [5.41, 5.74) is -1.30. The summed E-state index contributed by atoms with van der Waals surface area (Å²) in [6, 6.07) is 1.14. The summed E-state index contributed by atoms with van der Waals surface area (Å²) in [6.45, 7) is 0. The first kappa shape index (κ1) is 15.5. The molecule has 0 bridgehead atoms. The Morgan fingerprint density at radius 2 is 2.00 bits per heavy atom. The number of benzene rings is 1. The van der Waals surface area contributed by atoms with E-state index in [1.165, 1.54) is 7.11 Å². The number of carbonyl (C=O) groups is 1. The summed E-state index contributed by atoms with van der Waals surface area (Å²) in [5, 5.41) is 7.95. The van der Waals surface area contributed by atoms with Gasteiger partial charge in [-0.05, 0) is 6.07 Å². The lowest BCUT2D eigenvalue weighted by Crippen LogP contribution is -2.26. The van der Waals surface area contributed by atoms with Gasteiger partial charge in [-0.1, -0.05) is 11.6 Å². The third kappa shape index (κ3) is 2.80. The van der Waals surface area contributed by atoms with Gasteiger partial charge in [0.25, 0.3) is 0 Å². The van der Waals surface area contributed by atoms with Crippen LogP contribution in [0.1, 0.15) is 5.56 Å². The highest BCUT2D eigenvalue weighted by atomic mass is 35.5. The van der Waals surface area contributed by atoms with Gasteiger partial charge in [0, 0.05) is 6.07 Å². The summed E-state index contributed by atoms with van der Waals surface area (Å²) >= 11 is 5.49. The van der Waals surface area contributed by atoms with Crippen molar-refractivity contribution >= 4 is 17.6 Å². The number of alkyl halides is 2. The molecule has 0 unspecified atom stereocenters. The normalized spacial score (nSPS) is 10.6. The maximum absolute atomic E-state index is 13.2. The van der Waals surface area contributed by atoms with Crippen LogP contribution in [0.2, 0.25) is 5.02 Å². The molecule has 1 aromatic rings. The van der Waals surface area contributed by atoms with Gasteiger partial charge in [-0.25, -0.2) is 9.18 Å². The Kier molecular flexibility index (Phi) is 4.79. The Morgan fingerprint density at radius 3 is 2.41 bits per heavy atom. The van der Waals surface area contributed by atoms with Crippen LogP contribution in [0.25, 0.3) is 0 Å². The molecule has 0 saturated heterocycles. The molecule has 8 heteroatoms. The molecule has 4 N–H and O–H groups in total. The van der Waals surface area contributed by atoms with Crippen molar-refractivity contribution in [1.82, 2.24) is 6.15 Å². The van der Waals surface area contributed by atoms with Gasteiger partial charge in [0.1, 0.15) is 11.6 Å². The van der Waals surface area contributed by atoms with E-state index in [2.05, 4.69) is 4.74 Å². The van der Waals surface area contributed by atoms with E-state index in [9.17, 15) is 18.0 Å². The maximum Gasteiger partial charge on any atom is 0.379 e. The molecule has 17 heavy (non-hydrogen) atoms. The Bertz CT molecular complexity index is 440. The van der Waals surface area contributed by atoms with Crippen molar-refractivity contribution in [2.45, 2.75) is 5.92 Å². The number of rotatable bonds is 3. The topological polar surface area (TPSA) is 81.5 Å². The summed E-state index contributed by atoms with van der Waals surface area (Å²) in [5.74, 6) is -8.33. The Balaban J connectivity index is 0.00000256. The van der Waals surface area contributed by atoms with Crippen molar-refractivity contribution in [3.05, 3.63) is 28.5 Å². The molecule has 0 heterocycles. The summed E-state index contributed by atoms with van der Waals surface area (Å²) in [7, 11) is 1.18. The van der Waals surface area contributed by atoms with Crippen molar-refractivity contribution in [1.29, 1.82) is 0 Å². The fourth-order valence-corrected chi connectivity index (χ4v) is 1.28. The number of carboxylic acid groups (broad SMARTS) is 1. The third-order valence-electron chi connectivity index (χ3n) is 1.85. The quantitative estimate of drug-likeness (QED) is 0.886. The largest absolute Gasteiger partial charge is 0.495 e. The van der Waals surface area contributed by atoms with Gasteiger partial charge in [-0.15, -0.1) is 0 Å². The standard InChI is InChI=1S/C9H6ClF3O3.H3N/c1-16-7-3-6(11)4(2-5(7)10)9(12,13)8(14)15;/h2-3H,1H3,(H,14,15);1H3. The number of hydrogen-bond acceptors (Lipinski definition) is 3. The highest BCUT2D eigenvalue weighted by molar-refractivity contribution is 6.32. The molecule has 0 fully saturated rings. The second kappa shape index (κ2) is 5.24. The molecule has 96 valence electrons. The van der Waals surface area contributed by atoms with E-state index in [-0.39, 0.29) is 16.9 Å². The number of carboxylic acids is 1. The highest BCUT2D eigenvalue weighted by Gasteiger charge is 2.43. The fourth-order valence-electron chi connectivity index (χ4n) is 1.04. The first-order valence-electron chi connectivity index (χ1n) is 3.95. The van der Waals surface area contributed by atoms with E-state index in [0.717, 1.165) is 0 Å². The predicted molar refractivity (Wildman–Crippen MR) is 54.5 cm³/mol. The van der Waals surface area contributed by atoms with Crippen LogP contribution in [0.15, 0.2) is 12.1 Å². The van der Waals surface area contributed by atoms with Gasteiger partial charge in [0.15, 0.2) is 0 Å². The second-order valence-electron chi connectivity index (χ2n) is 2.85. The Morgan fingerprint density at radius 1 is 1.47 bits per heavy atom. The number of ether oxygens (including phenoxy) is 1. The molecule has 4 nitrogen and oxygen atoms in total. The van der Waals surface area contributed by atoms with Gasteiger partial charge in [0.2, 0.25) is 0 Å². The number of methoxy groups -OCH3 is 1. The van der Waals surface area contributed by atoms with Gasteiger partial charge in [-0.2, -0.15) is 8.78 Å². The van der Waals surface area contributed by atoms with Crippen molar-refractivity contribution < 1.29 is 27.8 Å². The average Bonchev–Trinajstić information content (AvgIpc) is 2.20. The molecule has 0 aliphatic carbocycles. The van der Waals surface area contributed by atoms with Crippen molar-refractivity contribution in [3.8, 4) is 5.75 Å². The van der Waals surface area contributed by atoms with E-state index in [1.54, 1.807) is 0 Å². The summed E-state index contributed by atoms with van der Waals surface area (Å²) < 4.78 is 43.8. The lowest BCUT2D eigenvalue weighted by atomic mass is 10.1. The van der Waals surface area contributed by atoms with E-state index in [0.29, 0.717) is 12.1 Å². The van der Waals surface area contributed by atoms with Crippen molar-refractivity contribution in [2.75, 3.05) is 7.11 Å². The van der Waals surface area contributed by atoms with Gasteiger partial charge in [-0.3, -0.25) is 0 Å². The average molecular weight is 272 g/mol. The molecule has 1 rings (SSSR count). The predicted octanol–water partition coefficient (Wildman–Crippen LogP) is 2.83. The Hall–Kier alpha value is -1.47. The second-order valence-corrected chi connectivity index (χ2v) is 3.25. The molecule has 0 aliphatic rings. The molecule has 0 saturated carbocycles. The van der Waals surface area contributed by atoms with Crippen molar-refractivity contribution in [2.24, 2.45) is 0 Å². The first-order chi connectivity index (χ1) is 7.30. The van der Waals surface area contributed by atoms with Crippen LogP contribution in [0, 0.1) is 5.82 Å². The van der Waals surface area contributed by atoms with Crippen LogP contribution in [-0.2, 0) is 10.7 Å². The van der Waals surface area contributed by atoms with E-state index >= 15 is 0 Å². The molecular weight excluding hydrogens is 263 g/mol. The van der Waals surface area contributed by atoms with E-state index in [4.69, 9.17) is 16.7 Å². The van der Waals surface area contributed by atoms with Gasteiger partial charge in [0.05, 0.1) is 17.7 Å². The zero-order chi connectivity index (χ0) is 12.5. The maximum atomic E-state index is 13.2. The fraction of sp³-hybridized carbons (Fsp3) is 0.222. The lowest BCUT2D eigenvalue weighted by Gasteiger charge is -2.14. The smallest absolute Gasteiger partial charge is 0.379 e. The lowest BCUT2D eigenvalue weighted by molar-refractivity contribution is -0.166. The van der Waals surface area contributed by atoms with Crippen LogP contribution < -0.4 is 10.9 Å². The van der Waals surface area contributed by atoms with E-state index < -0.39 is 23.3 Å². The van der Waals surface area contributed by atoms with Crippen LogP contribution >= 0.6 is 11.6 Å². The molecule has 1 aromatic carbocycles. The van der Waals surface area contributed by atoms with Crippen LogP contribution in [0.4, 0.5) is 13.2 Å². The minimum atomic E-state index is -4.33. The SMILES string of the molecule is COc1cc(F)c(C(F)(F)C(=O)O)cc1Cl.N. The van der Waals surface area contributed by atoms with Crippen molar-refractivity contribution in [3.63, 3.8) is 0 Å². The molecule has 0 atom stereocenters. The summed E-state index contributed by atoms with van der Waals surface area (Å²) in [4.78, 5) is 10.2.